The molecule has 5 nitrogen and oxygen atoms in total. The Bertz CT molecular complexity index is 354. The summed E-state index contributed by atoms with van der Waals surface area (Å²) in [6, 6.07) is 0.344. The number of rotatable bonds is 5. The van der Waals surface area contributed by atoms with Gasteiger partial charge in [-0.05, 0) is 46.6 Å². The van der Waals surface area contributed by atoms with Crippen molar-refractivity contribution in [1.29, 1.82) is 0 Å². The first-order valence-electron chi connectivity index (χ1n) is 8.27. The summed E-state index contributed by atoms with van der Waals surface area (Å²) in [5.74, 6) is 0.422. The Morgan fingerprint density at radius 2 is 2.10 bits per heavy atom. The minimum Gasteiger partial charge on any atom is -0.444 e. The fourth-order valence-corrected chi connectivity index (χ4v) is 3.23. The van der Waals surface area contributed by atoms with E-state index in [4.69, 9.17) is 9.47 Å². The number of unbranched alkanes of at least 4 members (excludes halogenated alkanes) is 1. The van der Waals surface area contributed by atoms with Gasteiger partial charge in [0.1, 0.15) is 5.60 Å². The van der Waals surface area contributed by atoms with Crippen LogP contribution < -0.4 is 10.6 Å². The summed E-state index contributed by atoms with van der Waals surface area (Å²) in [5.41, 5.74) is -0.457. The molecule has 1 aliphatic heterocycles. The molecule has 2 aliphatic rings. The maximum atomic E-state index is 12.0. The number of nitrogens with one attached hydrogen (secondary N) is 2. The van der Waals surface area contributed by atoms with Gasteiger partial charge in [0.2, 0.25) is 0 Å². The highest BCUT2D eigenvalue weighted by molar-refractivity contribution is 5.68. The zero-order valence-electron chi connectivity index (χ0n) is 13.8. The second kappa shape index (κ2) is 6.97. The van der Waals surface area contributed by atoms with E-state index in [9.17, 15) is 4.79 Å². The maximum absolute atomic E-state index is 12.0. The van der Waals surface area contributed by atoms with Crippen molar-refractivity contribution < 1.29 is 14.3 Å². The van der Waals surface area contributed by atoms with Gasteiger partial charge in [-0.3, -0.25) is 0 Å². The molecule has 0 bridgehead atoms. The van der Waals surface area contributed by atoms with E-state index in [2.05, 4.69) is 17.6 Å². The minimum atomic E-state index is -0.457. The molecule has 1 aliphatic carbocycles. The van der Waals surface area contributed by atoms with E-state index in [-0.39, 0.29) is 24.3 Å². The summed E-state index contributed by atoms with van der Waals surface area (Å²) in [6.45, 7) is 9.65. The van der Waals surface area contributed by atoms with Gasteiger partial charge in [0.25, 0.3) is 0 Å². The zero-order valence-corrected chi connectivity index (χ0v) is 13.8. The lowest BCUT2D eigenvalue weighted by Crippen LogP contribution is -2.73. The predicted molar refractivity (Wildman–Crippen MR) is 82.3 cm³/mol. The van der Waals surface area contributed by atoms with Crippen LogP contribution in [0.25, 0.3) is 0 Å². The topological polar surface area (TPSA) is 59.6 Å². The van der Waals surface area contributed by atoms with Gasteiger partial charge < -0.3 is 20.1 Å². The van der Waals surface area contributed by atoms with Gasteiger partial charge in [0, 0.05) is 12.5 Å². The molecule has 0 radical (unpaired) electrons. The summed E-state index contributed by atoms with van der Waals surface area (Å²) in [5, 5.41) is 6.59. The van der Waals surface area contributed by atoms with Crippen LogP contribution in [0.5, 0.6) is 0 Å². The van der Waals surface area contributed by atoms with E-state index in [1.165, 1.54) is 6.42 Å². The number of carbonyl (C=O) groups excluding carboxylic acids is 1. The molecule has 2 N–H and O–H groups in total. The van der Waals surface area contributed by atoms with Crippen molar-refractivity contribution in [1.82, 2.24) is 10.6 Å². The number of alkyl carbamates (subject to hydrolysis) is 1. The molecule has 4 atom stereocenters. The second-order valence-electron chi connectivity index (χ2n) is 7.15. The Morgan fingerprint density at radius 3 is 2.76 bits per heavy atom. The molecule has 2 rings (SSSR count). The number of amides is 1. The summed E-state index contributed by atoms with van der Waals surface area (Å²) in [7, 11) is 0. The van der Waals surface area contributed by atoms with Gasteiger partial charge in [0.15, 0.2) is 0 Å². The first-order valence-corrected chi connectivity index (χ1v) is 8.27. The van der Waals surface area contributed by atoms with Crippen molar-refractivity contribution in [3.8, 4) is 0 Å². The first-order chi connectivity index (χ1) is 9.92. The first kappa shape index (κ1) is 16.6. The molecular formula is C16H30N2O3. The fraction of sp³-hybridized carbons (Fsp3) is 0.938. The normalized spacial score (nSPS) is 32.0. The van der Waals surface area contributed by atoms with Gasteiger partial charge in [-0.25, -0.2) is 4.79 Å². The van der Waals surface area contributed by atoms with Crippen LogP contribution >= 0.6 is 0 Å². The van der Waals surface area contributed by atoms with E-state index in [1.807, 2.05) is 20.8 Å². The number of ether oxygens (including phenoxy) is 2. The van der Waals surface area contributed by atoms with Crippen LogP contribution in [0.3, 0.4) is 0 Å². The number of hydrogen-bond acceptors (Lipinski definition) is 4. The van der Waals surface area contributed by atoms with E-state index in [1.54, 1.807) is 0 Å². The van der Waals surface area contributed by atoms with Crippen molar-refractivity contribution in [3.05, 3.63) is 0 Å². The van der Waals surface area contributed by atoms with Crippen LogP contribution in [0.2, 0.25) is 0 Å². The molecule has 0 aromatic carbocycles. The molecule has 0 aromatic heterocycles. The van der Waals surface area contributed by atoms with Gasteiger partial charge in [-0.15, -0.1) is 0 Å². The monoisotopic (exact) mass is 298 g/mol. The van der Waals surface area contributed by atoms with Gasteiger partial charge in [0.05, 0.1) is 18.2 Å². The quantitative estimate of drug-likeness (QED) is 0.765. The molecule has 0 spiro atoms. The van der Waals surface area contributed by atoms with Crippen LogP contribution in [-0.2, 0) is 9.47 Å². The molecule has 5 heteroatoms. The molecule has 1 heterocycles. The van der Waals surface area contributed by atoms with Gasteiger partial charge >= 0.3 is 6.09 Å². The maximum Gasteiger partial charge on any atom is 0.407 e. The van der Waals surface area contributed by atoms with E-state index >= 15 is 0 Å². The number of carbonyl (C=O) groups is 1. The van der Waals surface area contributed by atoms with Crippen LogP contribution in [0.15, 0.2) is 0 Å². The van der Waals surface area contributed by atoms with Crippen molar-refractivity contribution in [2.45, 2.75) is 77.2 Å². The second-order valence-corrected chi connectivity index (χ2v) is 7.15. The predicted octanol–water partition coefficient (Wildman–Crippen LogP) is 2.45. The minimum absolute atomic E-state index is 0.127. The van der Waals surface area contributed by atoms with Crippen LogP contribution in [0, 0.1) is 5.92 Å². The Kier molecular flexibility index (Phi) is 5.49. The van der Waals surface area contributed by atoms with E-state index in [0.29, 0.717) is 5.92 Å². The lowest BCUT2D eigenvalue weighted by atomic mass is 9.68. The average molecular weight is 298 g/mol. The molecule has 0 aromatic rings. The lowest BCUT2D eigenvalue weighted by Gasteiger charge is -2.54. The molecule has 122 valence electrons. The SMILES string of the molecule is CCCCNC1C(NC(=O)OC(C)(C)C)C2CCCOC21. The molecule has 1 amide bonds. The van der Waals surface area contributed by atoms with Crippen molar-refractivity contribution in [2.24, 2.45) is 5.92 Å². The Hall–Kier alpha value is -0.810. The van der Waals surface area contributed by atoms with E-state index < -0.39 is 5.60 Å². The Balaban J connectivity index is 1.89. The summed E-state index contributed by atoms with van der Waals surface area (Å²) >= 11 is 0. The molecule has 4 unspecified atom stereocenters. The number of hydrogen-bond donors (Lipinski definition) is 2. The highest BCUT2D eigenvalue weighted by atomic mass is 16.6. The third-order valence-electron chi connectivity index (χ3n) is 4.21. The van der Waals surface area contributed by atoms with Crippen LogP contribution in [0.1, 0.15) is 53.4 Å². The highest BCUT2D eigenvalue weighted by Gasteiger charge is 2.52. The van der Waals surface area contributed by atoms with Crippen LogP contribution in [-0.4, -0.2) is 43.0 Å². The fourth-order valence-electron chi connectivity index (χ4n) is 3.23. The van der Waals surface area contributed by atoms with Gasteiger partial charge in [-0.2, -0.15) is 0 Å². The third kappa shape index (κ3) is 4.33. The Morgan fingerprint density at radius 1 is 1.33 bits per heavy atom. The van der Waals surface area contributed by atoms with Crippen molar-refractivity contribution in [3.63, 3.8) is 0 Å². The third-order valence-corrected chi connectivity index (χ3v) is 4.21. The standard InChI is InChI=1S/C16H30N2O3/c1-5-6-9-17-13-12(11-8-7-10-20-14(11)13)18-15(19)21-16(2,3)4/h11-14,17H,5-10H2,1-4H3,(H,18,19). The highest BCUT2D eigenvalue weighted by Crippen LogP contribution is 2.38. The average Bonchev–Trinajstić information content (AvgIpc) is 2.39. The molecule has 1 saturated carbocycles. The molecule has 1 saturated heterocycles. The summed E-state index contributed by atoms with van der Waals surface area (Å²) in [4.78, 5) is 12.0. The zero-order chi connectivity index (χ0) is 15.5. The molecule has 2 fully saturated rings. The largest absolute Gasteiger partial charge is 0.444 e. The lowest BCUT2D eigenvalue weighted by molar-refractivity contribution is -0.128. The Labute approximate surface area is 128 Å². The molecule has 21 heavy (non-hydrogen) atoms. The van der Waals surface area contributed by atoms with E-state index in [0.717, 1.165) is 32.4 Å². The smallest absolute Gasteiger partial charge is 0.407 e. The molecular weight excluding hydrogens is 268 g/mol. The number of fused-ring (bicyclic) bond motifs is 1. The summed E-state index contributed by atoms with van der Waals surface area (Å²) in [6.07, 6.45) is 4.44. The van der Waals surface area contributed by atoms with Gasteiger partial charge in [-0.1, -0.05) is 13.3 Å². The van der Waals surface area contributed by atoms with Crippen molar-refractivity contribution in [2.75, 3.05) is 13.2 Å². The van der Waals surface area contributed by atoms with Crippen molar-refractivity contribution >= 4 is 6.09 Å². The van der Waals surface area contributed by atoms with Crippen LogP contribution in [0.4, 0.5) is 4.79 Å². The summed E-state index contributed by atoms with van der Waals surface area (Å²) < 4.78 is 11.3.